The average molecular weight is 264 g/mol. The molecule has 0 unspecified atom stereocenters. The number of likely N-dealkylation sites (tertiary alicyclic amines) is 1. The van der Waals surface area contributed by atoms with Gasteiger partial charge in [-0.05, 0) is 19.9 Å². The Morgan fingerprint density at radius 2 is 2.00 bits per heavy atom. The molecule has 0 aromatic carbocycles. The van der Waals surface area contributed by atoms with Crippen LogP contribution in [0.1, 0.15) is 11.4 Å². The summed E-state index contributed by atoms with van der Waals surface area (Å²) >= 11 is 0. The Kier molecular flexibility index (Phi) is 2.78. The summed E-state index contributed by atoms with van der Waals surface area (Å²) in [5, 5.41) is 10.6. The number of nitrogens with zero attached hydrogens (tertiary/aromatic N) is 4. The van der Waals surface area contributed by atoms with Gasteiger partial charge in [0.1, 0.15) is 6.10 Å². The normalized spacial score (nSPS) is 25.8. The minimum Gasteiger partial charge on any atom is -0.465 e. The molecule has 2 atom stereocenters. The van der Waals surface area contributed by atoms with Crippen LogP contribution in [0.5, 0.6) is 0 Å². The van der Waals surface area contributed by atoms with Crippen molar-refractivity contribution in [2.75, 3.05) is 24.7 Å². The fourth-order valence-corrected chi connectivity index (χ4v) is 2.66. The van der Waals surface area contributed by atoms with Gasteiger partial charge in [-0.1, -0.05) is 0 Å². The Morgan fingerprint density at radius 1 is 1.32 bits per heavy atom. The third-order valence-corrected chi connectivity index (χ3v) is 3.51. The van der Waals surface area contributed by atoms with E-state index in [4.69, 9.17) is 9.94 Å². The van der Waals surface area contributed by atoms with E-state index in [1.165, 1.54) is 4.90 Å². The molecule has 1 aromatic heterocycles. The average Bonchev–Trinajstić information content (AvgIpc) is 2.84. The zero-order chi connectivity index (χ0) is 13.6. The van der Waals surface area contributed by atoms with Gasteiger partial charge in [0.25, 0.3) is 0 Å². The quantitative estimate of drug-likeness (QED) is 0.809. The van der Waals surface area contributed by atoms with Crippen LogP contribution >= 0.6 is 0 Å². The Balaban J connectivity index is 1.73. The first-order valence-corrected chi connectivity index (χ1v) is 6.27. The van der Waals surface area contributed by atoms with Crippen molar-refractivity contribution in [2.24, 2.45) is 5.92 Å². The van der Waals surface area contributed by atoms with E-state index in [0.29, 0.717) is 25.6 Å². The summed E-state index contributed by atoms with van der Waals surface area (Å²) in [7, 11) is 0. The van der Waals surface area contributed by atoms with Crippen LogP contribution in [-0.2, 0) is 4.84 Å². The summed E-state index contributed by atoms with van der Waals surface area (Å²) in [6, 6.07) is 1.91. The standard InChI is InChI=1S/C12H16N4O3/c1-7-3-8(2)14-11(13-7)16-5-9-4-15(12(17)18)6-10(9)19-16/h3,9-10H,4-6H2,1-2H3,(H,17,18)/t9-,10-/m1/s1. The van der Waals surface area contributed by atoms with Crippen LogP contribution in [0.25, 0.3) is 0 Å². The fourth-order valence-electron chi connectivity index (χ4n) is 2.66. The summed E-state index contributed by atoms with van der Waals surface area (Å²) in [6.45, 7) is 5.41. The van der Waals surface area contributed by atoms with E-state index in [1.54, 1.807) is 5.06 Å². The number of aryl methyl sites for hydroxylation is 2. The van der Waals surface area contributed by atoms with E-state index >= 15 is 0 Å². The van der Waals surface area contributed by atoms with E-state index in [0.717, 1.165) is 11.4 Å². The maximum Gasteiger partial charge on any atom is 0.407 e. The maximum atomic E-state index is 10.9. The number of carbonyl (C=O) groups is 1. The van der Waals surface area contributed by atoms with Crippen molar-refractivity contribution in [2.45, 2.75) is 20.0 Å². The molecule has 19 heavy (non-hydrogen) atoms. The predicted octanol–water partition coefficient (Wildman–Crippen LogP) is 0.823. The molecule has 1 amide bonds. The van der Waals surface area contributed by atoms with Gasteiger partial charge in [-0.15, -0.1) is 0 Å². The summed E-state index contributed by atoms with van der Waals surface area (Å²) in [6.07, 6.45) is -0.965. The predicted molar refractivity (Wildman–Crippen MR) is 66.8 cm³/mol. The highest BCUT2D eigenvalue weighted by atomic mass is 16.7. The lowest BCUT2D eigenvalue weighted by molar-refractivity contribution is 0.0737. The van der Waals surface area contributed by atoms with Crippen LogP contribution in [-0.4, -0.2) is 51.8 Å². The number of anilines is 1. The number of hydroxylamine groups is 1. The second-order valence-electron chi connectivity index (χ2n) is 5.10. The van der Waals surface area contributed by atoms with Crippen molar-refractivity contribution in [3.05, 3.63) is 17.5 Å². The number of hydrogen-bond acceptors (Lipinski definition) is 5. The number of hydrogen-bond donors (Lipinski definition) is 1. The van der Waals surface area contributed by atoms with Gasteiger partial charge in [0.2, 0.25) is 5.95 Å². The van der Waals surface area contributed by atoms with Crippen molar-refractivity contribution >= 4 is 12.0 Å². The Bertz CT molecular complexity index is 487. The van der Waals surface area contributed by atoms with Crippen LogP contribution in [0, 0.1) is 19.8 Å². The van der Waals surface area contributed by atoms with Crippen molar-refractivity contribution in [1.29, 1.82) is 0 Å². The van der Waals surface area contributed by atoms with E-state index < -0.39 is 6.09 Å². The molecule has 2 saturated heterocycles. The molecule has 102 valence electrons. The lowest BCUT2D eigenvalue weighted by atomic mass is 10.1. The van der Waals surface area contributed by atoms with E-state index in [-0.39, 0.29) is 12.0 Å². The number of amides is 1. The molecule has 0 radical (unpaired) electrons. The minimum absolute atomic E-state index is 0.0829. The Labute approximate surface area is 110 Å². The third-order valence-electron chi connectivity index (χ3n) is 3.51. The molecular formula is C12H16N4O3. The summed E-state index contributed by atoms with van der Waals surface area (Å²) in [5.74, 6) is 0.759. The Morgan fingerprint density at radius 3 is 2.58 bits per heavy atom. The molecule has 0 bridgehead atoms. The Hall–Kier alpha value is -1.89. The topological polar surface area (TPSA) is 78.8 Å². The van der Waals surface area contributed by atoms with Gasteiger partial charge >= 0.3 is 6.09 Å². The highest BCUT2D eigenvalue weighted by Gasteiger charge is 2.44. The third kappa shape index (κ3) is 2.21. The maximum absolute atomic E-state index is 10.9. The number of aromatic nitrogens is 2. The van der Waals surface area contributed by atoms with Crippen LogP contribution in [0.4, 0.5) is 10.7 Å². The molecule has 0 saturated carbocycles. The molecule has 1 aromatic rings. The lowest BCUT2D eigenvalue weighted by Gasteiger charge is -2.19. The van der Waals surface area contributed by atoms with Crippen molar-refractivity contribution in [3.63, 3.8) is 0 Å². The summed E-state index contributed by atoms with van der Waals surface area (Å²) in [4.78, 5) is 26.8. The van der Waals surface area contributed by atoms with Gasteiger partial charge in [-0.3, -0.25) is 4.84 Å². The molecule has 1 N–H and O–H groups in total. The zero-order valence-electron chi connectivity index (χ0n) is 10.9. The van der Waals surface area contributed by atoms with Gasteiger partial charge in [0, 0.05) is 23.9 Å². The van der Waals surface area contributed by atoms with Gasteiger partial charge in [-0.25, -0.2) is 19.8 Å². The van der Waals surface area contributed by atoms with Gasteiger partial charge in [0.05, 0.1) is 13.1 Å². The fraction of sp³-hybridized carbons (Fsp3) is 0.583. The van der Waals surface area contributed by atoms with E-state index in [9.17, 15) is 4.79 Å². The largest absolute Gasteiger partial charge is 0.465 e. The molecule has 2 fully saturated rings. The lowest BCUT2D eigenvalue weighted by Crippen LogP contribution is -2.32. The molecule has 0 spiro atoms. The molecule has 2 aliphatic rings. The molecule has 3 heterocycles. The van der Waals surface area contributed by atoms with Crippen LogP contribution < -0.4 is 5.06 Å². The first-order valence-electron chi connectivity index (χ1n) is 6.27. The van der Waals surface area contributed by atoms with Crippen molar-refractivity contribution in [3.8, 4) is 0 Å². The second-order valence-corrected chi connectivity index (χ2v) is 5.10. The summed E-state index contributed by atoms with van der Waals surface area (Å²) in [5.41, 5.74) is 1.80. The molecule has 3 rings (SSSR count). The molecular weight excluding hydrogens is 248 g/mol. The van der Waals surface area contributed by atoms with E-state index in [1.807, 2.05) is 19.9 Å². The van der Waals surface area contributed by atoms with Crippen LogP contribution in [0.3, 0.4) is 0 Å². The number of fused-ring (bicyclic) bond motifs is 1. The zero-order valence-corrected chi connectivity index (χ0v) is 10.9. The second kappa shape index (κ2) is 4.34. The smallest absolute Gasteiger partial charge is 0.407 e. The number of carboxylic acid groups (broad SMARTS) is 1. The number of rotatable bonds is 1. The SMILES string of the molecule is Cc1cc(C)nc(N2C[C@H]3CN(C(=O)O)C[C@H]3O2)n1. The molecule has 0 aliphatic carbocycles. The van der Waals surface area contributed by atoms with Crippen molar-refractivity contribution in [1.82, 2.24) is 14.9 Å². The monoisotopic (exact) mass is 264 g/mol. The highest BCUT2D eigenvalue weighted by Crippen LogP contribution is 2.30. The van der Waals surface area contributed by atoms with Crippen molar-refractivity contribution < 1.29 is 14.7 Å². The van der Waals surface area contributed by atoms with E-state index in [2.05, 4.69) is 9.97 Å². The first kappa shape index (κ1) is 12.2. The molecule has 7 nitrogen and oxygen atoms in total. The molecule has 7 heteroatoms. The van der Waals surface area contributed by atoms with Crippen LogP contribution in [0.2, 0.25) is 0 Å². The minimum atomic E-state index is -0.882. The summed E-state index contributed by atoms with van der Waals surface area (Å²) < 4.78 is 0. The van der Waals surface area contributed by atoms with Gasteiger partial charge < -0.3 is 10.0 Å². The first-order chi connectivity index (χ1) is 9.02. The van der Waals surface area contributed by atoms with Crippen LogP contribution in [0.15, 0.2) is 6.07 Å². The van der Waals surface area contributed by atoms with Gasteiger partial charge in [0.15, 0.2) is 0 Å². The highest BCUT2D eigenvalue weighted by molar-refractivity contribution is 5.65. The molecule has 2 aliphatic heterocycles. The van der Waals surface area contributed by atoms with Gasteiger partial charge in [-0.2, -0.15) is 0 Å².